The normalized spacial score (nSPS) is 11.4. The minimum absolute atomic E-state index is 0.227. The van der Waals surface area contributed by atoms with Crippen LogP contribution >= 0.6 is 23.4 Å². The van der Waals surface area contributed by atoms with Gasteiger partial charge in [-0.05, 0) is 67.8 Å². The number of thioether (sulfide) groups is 1. The maximum Gasteiger partial charge on any atom is 0.327 e. The zero-order valence-electron chi connectivity index (χ0n) is 26.2. The zero-order chi connectivity index (χ0) is 30.9. The minimum Gasteiger partial charge on any atom is -0.351 e. The van der Waals surface area contributed by atoms with Crippen LogP contribution in [0, 0.1) is 13.8 Å². The van der Waals surface area contributed by atoms with Gasteiger partial charge in [0.05, 0.1) is 11.4 Å². The van der Waals surface area contributed by atoms with Crippen LogP contribution in [0.25, 0.3) is 0 Å². The fraction of sp³-hybridized carbons (Fsp3) is 0.545. The van der Waals surface area contributed by atoms with E-state index in [4.69, 9.17) is 22.3 Å². The summed E-state index contributed by atoms with van der Waals surface area (Å²) in [6, 6.07) is 10.0. The van der Waals surface area contributed by atoms with Crippen LogP contribution in [0.1, 0.15) is 96.1 Å². The monoisotopic (exact) mass is 615 g/mol. The average Bonchev–Trinajstić information content (AvgIpc) is 2.95. The Kier molecular flexibility index (Phi) is 16.5. The second-order valence-corrected chi connectivity index (χ2v) is 12.3. The molecule has 0 aliphatic rings. The van der Waals surface area contributed by atoms with E-state index in [1.165, 1.54) is 37.0 Å². The first-order valence-corrected chi connectivity index (χ1v) is 16.8. The van der Waals surface area contributed by atoms with Gasteiger partial charge in [-0.1, -0.05) is 108 Å². The first-order chi connectivity index (χ1) is 20.2. The van der Waals surface area contributed by atoms with Gasteiger partial charge >= 0.3 is 12.1 Å². The molecule has 9 heteroatoms. The molecule has 0 saturated carbocycles. The molecule has 42 heavy (non-hydrogen) atoms. The number of anilines is 3. The maximum atomic E-state index is 13.8. The van der Waals surface area contributed by atoms with Crippen LogP contribution in [0.15, 0.2) is 41.4 Å². The highest BCUT2D eigenvalue weighted by Crippen LogP contribution is 2.33. The molecule has 232 valence electrons. The van der Waals surface area contributed by atoms with Gasteiger partial charge in [-0.2, -0.15) is 0 Å². The van der Waals surface area contributed by atoms with Crippen molar-refractivity contribution in [2.45, 2.75) is 98.8 Å². The number of halogens is 1. The summed E-state index contributed by atoms with van der Waals surface area (Å²) >= 11 is 7.97. The molecule has 0 unspecified atom stereocenters. The fourth-order valence-corrected chi connectivity index (χ4v) is 5.56. The molecule has 0 aliphatic heterocycles. The van der Waals surface area contributed by atoms with Crippen LogP contribution in [0.2, 0.25) is 5.02 Å². The number of carbonyl (C=O) groups is 2. The standard InChI is InChI=1S/C33H50ClN5O2S/c1-6-9-11-13-15-21-36-33(42-8-3)38(22-16-14-12-10-7-2)32(41)37-27-19-17-26(5)30(23-27)39(31(35)40)28-20-18-25(4)29(34)24-28/h17-20,23-24H,6-16,21-22H2,1-5H3,(H2,35,40)(H,37,41). The number of amides is 4. The number of aryl methyl sites for hydroxylation is 2. The lowest BCUT2D eigenvalue weighted by atomic mass is 10.1. The van der Waals surface area contributed by atoms with Crippen LogP contribution in [0.5, 0.6) is 0 Å². The molecular weight excluding hydrogens is 566 g/mol. The van der Waals surface area contributed by atoms with Crippen molar-refractivity contribution in [1.82, 2.24) is 4.90 Å². The van der Waals surface area contributed by atoms with Crippen molar-refractivity contribution >= 4 is 57.7 Å². The lowest BCUT2D eigenvalue weighted by Crippen LogP contribution is -2.39. The maximum absolute atomic E-state index is 13.8. The molecule has 2 rings (SSSR count). The quantitative estimate of drug-likeness (QED) is 0.112. The number of nitrogens with one attached hydrogen (secondary N) is 1. The zero-order valence-corrected chi connectivity index (χ0v) is 27.8. The smallest absolute Gasteiger partial charge is 0.327 e. The SMILES string of the molecule is CCCCCCCN=C(SCC)N(CCCCCCC)C(=O)Nc1ccc(C)c(N(C(N)=O)c2ccc(C)c(Cl)c2)c1. The molecule has 7 nitrogen and oxygen atoms in total. The Bertz CT molecular complexity index is 1170. The van der Waals surface area contributed by atoms with Crippen LogP contribution in [-0.2, 0) is 0 Å². The van der Waals surface area contributed by atoms with E-state index in [1.807, 2.05) is 38.1 Å². The van der Waals surface area contributed by atoms with E-state index in [9.17, 15) is 9.59 Å². The molecule has 0 saturated heterocycles. The molecule has 0 radical (unpaired) electrons. The fourth-order valence-electron chi connectivity index (χ4n) is 4.61. The Balaban J connectivity index is 2.32. The second-order valence-electron chi connectivity index (χ2n) is 10.6. The van der Waals surface area contributed by atoms with E-state index in [2.05, 4.69) is 26.1 Å². The molecule has 0 spiro atoms. The topological polar surface area (TPSA) is 91.0 Å². The number of unbranched alkanes of at least 4 members (excludes halogenated alkanes) is 8. The number of carbonyl (C=O) groups excluding carboxylic acids is 2. The highest BCUT2D eigenvalue weighted by atomic mass is 35.5. The van der Waals surface area contributed by atoms with Gasteiger partial charge in [0, 0.05) is 23.8 Å². The molecule has 2 aromatic carbocycles. The Morgan fingerprint density at radius 1 is 0.881 bits per heavy atom. The van der Waals surface area contributed by atoms with E-state index in [1.54, 1.807) is 28.8 Å². The molecule has 0 atom stereocenters. The lowest BCUT2D eigenvalue weighted by molar-refractivity contribution is 0.233. The first kappa shape index (κ1) is 35.5. The molecule has 0 aliphatic carbocycles. The summed E-state index contributed by atoms with van der Waals surface area (Å²) < 4.78 is 0. The third-order valence-electron chi connectivity index (χ3n) is 7.08. The summed E-state index contributed by atoms with van der Waals surface area (Å²) in [7, 11) is 0. The highest BCUT2D eigenvalue weighted by molar-refractivity contribution is 8.13. The minimum atomic E-state index is -0.636. The van der Waals surface area contributed by atoms with Crippen molar-refractivity contribution < 1.29 is 9.59 Å². The number of rotatable bonds is 16. The highest BCUT2D eigenvalue weighted by Gasteiger charge is 2.22. The Hall–Kier alpha value is -2.71. The number of amidine groups is 1. The van der Waals surface area contributed by atoms with Crippen LogP contribution < -0.4 is 16.0 Å². The molecular formula is C33H50ClN5O2S. The predicted molar refractivity (Wildman–Crippen MR) is 183 cm³/mol. The van der Waals surface area contributed by atoms with Crippen LogP contribution in [0.4, 0.5) is 26.7 Å². The number of nitrogens with zero attached hydrogens (tertiary/aromatic N) is 3. The van der Waals surface area contributed by atoms with Gasteiger partial charge in [0.2, 0.25) is 0 Å². The van der Waals surface area contributed by atoms with Crippen molar-refractivity contribution in [1.29, 1.82) is 0 Å². The number of benzene rings is 2. The van der Waals surface area contributed by atoms with Crippen molar-refractivity contribution in [2.75, 3.05) is 29.1 Å². The predicted octanol–water partition coefficient (Wildman–Crippen LogP) is 10.1. The second kappa shape index (κ2) is 19.5. The van der Waals surface area contributed by atoms with Gasteiger partial charge in [-0.25, -0.2) is 9.59 Å². The van der Waals surface area contributed by atoms with Crippen LogP contribution in [-0.4, -0.2) is 41.0 Å². The summed E-state index contributed by atoms with van der Waals surface area (Å²) in [5.41, 5.74) is 9.29. The van der Waals surface area contributed by atoms with E-state index in [0.717, 1.165) is 54.2 Å². The molecule has 0 heterocycles. The summed E-state index contributed by atoms with van der Waals surface area (Å²) in [5.74, 6) is 0.829. The lowest BCUT2D eigenvalue weighted by Gasteiger charge is -2.26. The first-order valence-electron chi connectivity index (χ1n) is 15.5. The van der Waals surface area contributed by atoms with Crippen molar-refractivity contribution in [3.63, 3.8) is 0 Å². The molecule has 0 aromatic heterocycles. The van der Waals surface area contributed by atoms with E-state index in [0.29, 0.717) is 35.2 Å². The number of hydrogen-bond acceptors (Lipinski definition) is 4. The van der Waals surface area contributed by atoms with Gasteiger partial charge in [0.25, 0.3) is 0 Å². The van der Waals surface area contributed by atoms with E-state index >= 15 is 0 Å². The van der Waals surface area contributed by atoms with Crippen molar-refractivity contribution in [3.8, 4) is 0 Å². The van der Waals surface area contributed by atoms with Crippen LogP contribution in [0.3, 0.4) is 0 Å². The van der Waals surface area contributed by atoms with E-state index in [-0.39, 0.29) is 6.03 Å². The third kappa shape index (κ3) is 11.5. The molecule has 4 amide bonds. The number of hydrogen-bond donors (Lipinski definition) is 2. The molecule has 3 N–H and O–H groups in total. The Morgan fingerprint density at radius 2 is 1.52 bits per heavy atom. The van der Waals surface area contributed by atoms with Crippen molar-refractivity contribution in [2.24, 2.45) is 10.7 Å². The molecule has 0 bridgehead atoms. The largest absolute Gasteiger partial charge is 0.351 e. The summed E-state index contributed by atoms with van der Waals surface area (Å²) in [5, 5.41) is 4.38. The van der Waals surface area contributed by atoms with E-state index < -0.39 is 6.03 Å². The summed E-state index contributed by atoms with van der Waals surface area (Å²) in [6.45, 7) is 11.6. The van der Waals surface area contributed by atoms with Gasteiger partial charge in [0.1, 0.15) is 0 Å². The van der Waals surface area contributed by atoms with Gasteiger partial charge < -0.3 is 11.1 Å². The van der Waals surface area contributed by atoms with Gasteiger partial charge in [-0.3, -0.25) is 14.8 Å². The Labute approximate surface area is 262 Å². The average molecular weight is 616 g/mol. The van der Waals surface area contributed by atoms with Crippen molar-refractivity contribution in [3.05, 3.63) is 52.5 Å². The summed E-state index contributed by atoms with van der Waals surface area (Å²) in [4.78, 5) is 34.5. The molecule has 0 fully saturated rings. The number of primary amides is 1. The Morgan fingerprint density at radius 3 is 2.14 bits per heavy atom. The summed E-state index contributed by atoms with van der Waals surface area (Å²) in [6.07, 6.45) is 11.4. The van der Waals surface area contributed by atoms with Gasteiger partial charge in [-0.15, -0.1) is 0 Å². The van der Waals surface area contributed by atoms with Gasteiger partial charge in [0.15, 0.2) is 5.17 Å². The molecule has 2 aromatic rings. The number of urea groups is 2. The number of nitrogens with two attached hydrogens (primary N) is 1. The third-order valence-corrected chi connectivity index (χ3v) is 8.38. The number of aliphatic imine (C=N–C) groups is 1.